The van der Waals surface area contributed by atoms with Crippen molar-refractivity contribution in [2.45, 2.75) is 32.4 Å². The highest BCUT2D eigenvalue weighted by Crippen LogP contribution is 2.34. The Hall–Kier alpha value is -1.13. The summed E-state index contributed by atoms with van der Waals surface area (Å²) in [5.74, 6) is 0.854. The van der Waals surface area contributed by atoms with Crippen molar-refractivity contribution in [1.82, 2.24) is 9.55 Å². The first kappa shape index (κ1) is 11.9. The van der Waals surface area contributed by atoms with E-state index >= 15 is 0 Å². The summed E-state index contributed by atoms with van der Waals surface area (Å²) < 4.78 is 2.82. The molecule has 1 aliphatic rings. The number of hydrogen-bond donors (Lipinski definition) is 1. The van der Waals surface area contributed by atoms with Gasteiger partial charge in [-0.3, -0.25) is 0 Å². The molecule has 0 aliphatic carbocycles. The lowest BCUT2D eigenvalue weighted by Crippen LogP contribution is -2.18. The molecular weight excluding hydrogens is 292 g/mol. The van der Waals surface area contributed by atoms with Crippen LogP contribution < -0.4 is 0 Å². The van der Waals surface area contributed by atoms with Crippen LogP contribution in [0.2, 0.25) is 0 Å². The van der Waals surface area contributed by atoms with Crippen LogP contribution in [-0.2, 0) is 6.42 Å². The first-order valence-electron chi connectivity index (χ1n) is 6.18. The molecule has 94 valence electrons. The van der Waals surface area contributed by atoms with E-state index in [1.807, 2.05) is 16.7 Å². The summed E-state index contributed by atoms with van der Waals surface area (Å²) in [7, 11) is 0. The van der Waals surface area contributed by atoms with Gasteiger partial charge in [0, 0.05) is 5.56 Å². The van der Waals surface area contributed by atoms with Crippen LogP contribution in [0.1, 0.15) is 30.3 Å². The van der Waals surface area contributed by atoms with Gasteiger partial charge in [0.25, 0.3) is 0 Å². The average molecular weight is 307 g/mol. The van der Waals surface area contributed by atoms with Crippen LogP contribution in [0.15, 0.2) is 28.9 Å². The molecular formula is C14H15BrN2O. The summed E-state index contributed by atoms with van der Waals surface area (Å²) in [6.07, 6.45) is 2.33. The van der Waals surface area contributed by atoms with E-state index in [1.165, 1.54) is 5.56 Å². The first-order valence-corrected chi connectivity index (χ1v) is 6.98. The number of aryl methyl sites for hydroxylation is 1. The largest absolute Gasteiger partial charge is 0.373 e. The van der Waals surface area contributed by atoms with Crippen molar-refractivity contribution in [3.05, 3.63) is 40.1 Å². The Labute approximate surface area is 115 Å². The molecule has 2 heterocycles. The van der Waals surface area contributed by atoms with Gasteiger partial charge in [0.2, 0.25) is 0 Å². The number of nitrogens with zero attached hydrogens (tertiary/aromatic N) is 2. The summed E-state index contributed by atoms with van der Waals surface area (Å²) >= 11 is 3.50. The van der Waals surface area contributed by atoms with E-state index in [9.17, 15) is 5.11 Å². The summed E-state index contributed by atoms with van der Waals surface area (Å²) in [4.78, 5) is 4.57. The van der Waals surface area contributed by atoms with Crippen LogP contribution >= 0.6 is 15.9 Å². The zero-order valence-electron chi connectivity index (χ0n) is 10.2. The molecule has 0 bridgehead atoms. The maximum atomic E-state index is 10.2. The molecule has 0 saturated heterocycles. The van der Waals surface area contributed by atoms with Crippen molar-refractivity contribution >= 4 is 15.9 Å². The van der Waals surface area contributed by atoms with Crippen molar-refractivity contribution in [2.24, 2.45) is 0 Å². The highest BCUT2D eigenvalue weighted by atomic mass is 79.9. The highest BCUT2D eigenvalue weighted by molar-refractivity contribution is 9.10. The smallest absolute Gasteiger partial charge is 0.143 e. The van der Waals surface area contributed by atoms with Crippen molar-refractivity contribution in [1.29, 1.82) is 0 Å². The lowest BCUT2D eigenvalue weighted by atomic mass is 10.1. The van der Waals surface area contributed by atoms with Crippen LogP contribution in [0.4, 0.5) is 0 Å². The molecule has 1 aliphatic heterocycles. The Morgan fingerprint density at radius 1 is 1.44 bits per heavy atom. The van der Waals surface area contributed by atoms with E-state index in [1.54, 1.807) is 0 Å². The average Bonchev–Trinajstić information content (AvgIpc) is 2.69. The second kappa shape index (κ2) is 4.52. The molecule has 2 aromatic rings. The second-order valence-electron chi connectivity index (χ2n) is 4.79. The predicted octanol–water partition coefficient (Wildman–Crippen LogP) is 3.45. The number of aromatic nitrogens is 2. The maximum Gasteiger partial charge on any atom is 0.143 e. The molecule has 18 heavy (non-hydrogen) atoms. The molecule has 3 rings (SSSR count). The SMILES string of the molecule is Cc1cccc(-c2nc(Br)c3n2C(O)CCC3)c1. The van der Waals surface area contributed by atoms with Gasteiger partial charge in [-0.05, 0) is 48.2 Å². The third-order valence-corrected chi connectivity index (χ3v) is 4.05. The number of halogens is 1. The van der Waals surface area contributed by atoms with Gasteiger partial charge in [0.15, 0.2) is 0 Å². The fraction of sp³-hybridized carbons (Fsp3) is 0.357. The van der Waals surface area contributed by atoms with E-state index in [0.29, 0.717) is 0 Å². The summed E-state index contributed by atoms with van der Waals surface area (Å²) in [6, 6.07) is 8.23. The van der Waals surface area contributed by atoms with Crippen LogP contribution in [0.25, 0.3) is 11.4 Å². The number of aliphatic hydroxyl groups excluding tert-OH is 1. The molecule has 1 aromatic carbocycles. The number of rotatable bonds is 1. The van der Waals surface area contributed by atoms with Gasteiger partial charge >= 0.3 is 0 Å². The Balaban J connectivity index is 2.18. The molecule has 0 saturated carbocycles. The Morgan fingerprint density at radius 2 is 2.28 bits per heavy atom. The molecule has 3 nitrogen and oxygen atoms in total. The number of fused-ring (bicyclic) bond motifs is 1. The quantitative estimate of drug-likeness (QED) is 0.876. The van der Waals surface area contributed by atoms with Crippen molar-refractivity contribution in [3.63, 3.8) is 0 Å². The van der Waals surface area contributed by atoms with Crippen LogP contribution in [0, 0.1) is 6.92 Å². The Bertz CT molecular complexity index is 591. The normalized spacial score (nSPS) is 18.7. The van der Waals surface area contributed by atoms with Crippen molar-refractivity contribution in [3.8, 4) is 11.4 Å². The molecule has 0 fully saturated rings. The van der Waals surface area contributed by atoms with Gasteiger partial charge in [-0.15, -0.1) is 0 Å². The van der Waals surface area contributed by atoms with Gasteiger partial charge in [-0.1, -0.05) is 23.8 Å². The van der Waals surface area contributed by atoms with Crippen LogP contribution in [0.5, 0.6) is 0 Å². The standard InChI is InChI=1S/C14H15BrN2O/c1-9-4-2-5-10(8-9)14-16-13(15)11-6-3-7-12(18)17(11)14/h2,4-5,8,12,18H,3,6-7H2,1H3. The van der Waals surface area contributed by atoms with E-state index in [4.69, 9.17) is 0 Å². The van der Waals surface area contributed by atoms with Gasteiger partial charge in [-0.2, -0.15) is 0 Å². The van der Waals surface area contributed by atoms with E-state index in [2.05, 4.69) is 40.0 Å². The molecule has 1 atom stereocenters. The highest BCUT2D eigenvalue weighted by Gasteiger charge is 2.25. The minimum atomic E-state index is -0.455. The third-order valence-electron chi connectivity index (χ3n) is 3.41. The van der Waals surface area contributed by atoms with Crippen molar-refractivity contribution < 1.29 is 5.11 Å². The third kappa shape index (κ3) is 1.89. The molecule has 1 aromatic heterocycles. The monoisotopic (exact) mass is 306 g/mol. The predicted molar refractivity (Wildman–Crippen MR) is 74.3 cm³/mol. The van der Waals surface area contributed by atoms with E-state index < -0.39 is 6.23 Å². The lowest BCUT2D eigenvalue weighted by molar-refractivity contribution is 0.0805. The maximum absolute atomic E-state index is 10.2. The number of benzene rings is 1. The van der Waals surface area contributed by atoms with Gasteiger partial charge in [0.05, 0.1) is 5.69 Å². The second-order valence-corrected chi connectivity index (χ2v) is 5.54. The molecule has 1 unspecified atom stereocenters. The van der Waals surface area contributed by atoms with E-state index in [-0.39, 0.29) is 0 Å². The minimum absolute atomic E-state index is 0.455. The fourth-order valence-electron chi connectivity index (χ4n) is 2.55. The van der Waals surface area contributed by atoms with Gasteiger partial charge in [0.1, 0.15) is 16.7 Å². The summed E-state index contributed by atoms with van der Waals surface area (Å²) in [5.41, 5.74) is 3.36. The summed E-state index contributed by atoms with van der Waals surface area (Å²) in [5, 5.41) is 10.2. The number of hydrogen-bond acceptors (Lipinski definition) is 2. The lowest BCUT2D eigenvalue weighted by Gasteiger charge is -2.23. The van der Waals surface area contributed by atoms with Crippen LogP contribution in [0.3, 0.4) is 0 Å². The topological polar surface area (TPSA) is 38.0 Å². The fourth-order valence-corrected chi connectivity index (χ4v) is 3.11. The number of aliphatic hydroxyl groups is 1. The molecule has 0 amide bonds. The van der Waals surface area contributed by atoms with E-state index in [0.717, 1.165) is 40.9 Å². The van der Waals surface area contributed by atoms with Crippen LogP contribution in [-0.4, -0.2) is 14.7 Å². The zero-order valence-corrected chi connectivity index (χ0v) is 11.8. The molecule has 4 heteroatoms. The van der Waals surface area contributed by atoms with Gasteiger partial charge in [-0.25, -0.2) is 4.98 Å². The zero-order chi connectivity index (χ0) is 12.7. The summed E-state index contributed by atoms with van der Waals surface area (Å²) in [6.45, 7) is 2.06. The number of imidazole rings is 1. The van der Waals surface area contributed by atoms with Gasteiger partial charge < -0.3 is 9.67 Å². The molecule has 0 radical (unpaired) electrons. The molecule has 0 spiro atoms. The molecule has 1 N–H and O–H groups in total. The Morgan fingerprint density at radius 3 is 3.06 bits per heavy atom. The minimum Gasteiger partial charge on any atom is -0.373 e. The van der Waals surface area contributed by atoms with Crippen molar-refractivity contribution in [2.75, 3.05) is 0 Å². The Kier molecular flexibility index (Phi) is 2.99. The first-order chi connectivity index (χ1) is 8.66.